The van der Waals surface area contributed by atoms with E-state index in [4.69, 9.17) is 4.74 Å². The Morgan fingerprint density at radius 2 is 1.67 bits per heavy atom. The zero-order valence-electron chi connectivity index (χ0n) is 21.7. The summed E-state index contributed by atoms with van der Waals surface area (Å²) in [5, 5.41) is 12.7. The lowest BCUT2D eigenvalue weighted by molar-refractivity contribution is -0.163. The fourth-order valence-electron chi connectivity index (χ4n) is 5.23. The van der Waals surface area contributed by atoms with E-state index in [1.807, 2.05) is 0 Å². The van der Waals surface area contributed by atoms with Gasteiger partial charge in [0.15, 0.2) is 9.84 Å². The number of likely N-dealkylation sites (tertiary alicyclic amines) is 1. The van der Waals surface area contributed by atoms with Crippen molar-refractivity contribution in [2.45, 2.75) is 67.8 Å². The summed E-state index contributed by atoms with van der Waals surface area (Å²) in [6, 6.07) is 7.20. The predicted octanol–water partition coefficient (Wildman–Crippen LogP) is 3.67. The van der Waals surface area contributed by atoms with Crippen molar-refractivity contribution in [3.05, 3.63) is 54.1 Å². The maximum atomic E-state index is 14.5. The minimum absolute atomic E-state index is 0.0674. The van der Waals surface area contributed by atoms with Gasteiger partial charge in [0, 0.05) is 6.26 Å². The number of ether oxygens (including phenoxy) is 1. The highest BCUT2D eigenvalue weighted by atomic mass is 32.2. The summed E-state index contributed by atoms with van der Waals surface area (Å²) in [4.78, 5) is 14.7. The van der Waals surface area contributed by atoms with Crippen molar-refractivity contribution in [1.29, 1.82) is 0 Å². The van der Waals surface area contributed by atoms with E-state index in [1.165, 1.54) is 36.4 Å². The van der Waals surface area contributed by atoms with Crippen LogP contribution in [0.3, 0.4) is 0 Å². The molecule has 0 saturated carbocycles. The molecule has 0 aliphatic carbocycles. The second kappa shape index (κ2) is 11.1. The number of halogens is 4. The van der Waals surface area contributed by atoms with Crippen LogP contribution < -0.4 is 5.32 Å². The molecule has 2 N–H and O–H groups in total. The molecule has 2 aromatic carbocycles. The standard InChI is InChI=1S/C27H32F4N2O5S/c1-15(2)12-21(26(35)33-13-20(28)24-23(33)22(34)14-38-24)32-25(27(29,30)31)18-6-4-16(5-7-18)17-8-10-19(11-9-17)39(3,36)37/h4-11,15,20-25,32,34H,12-14H2,1-3H3/t20-,21-,22-,23+,24+,25-/m0/s1. The minimum Gasteiger partial charge on any atom is -0.388 e. The maximum Gasteiger partial charge on any atom is 0.407 e. The Morgan fingerprint density at radius 3 is 2.18 bits per heavy atom. The summed E-state index contributed by atoms with van der Waals surface area (Å²) in [6.45, 7) is 3.04. The van der Waals surface area contributed by atoms with Gasteiger partial charge < -0.3 is 14.7 Å². The molecule has 1 amide bonds. The van der Waals surface area contributed by atoms with Gasteiger partial charge in [-0.25, -0.2) is 12.8 Å². The lowest BCUT2D eigenvalue weighted by Crippen LogP contribution is -2.54. The third kappa shape index (κ3) is 6.45. The molecule has 2 heterocycles. The van der Waals surface area contributed by atoms with E-state index < -0.39 is 58.4 Å². The quantitative estimate of drug-likeness (QED) is 0.469. The average Bonchev–Trinajstić information content (AvgIpc) is 3.40. The van der Waals surface area contributed by atoms with Crippen molar-refractivity contribution in [3.63, 3.8) is 0 Å². The number of sulfone groups is 1. The largest absolute Gasteiger partial charge is 0.407 e. The van der Waals surface area contributed by atoms with Crippen LogP contribution in [0.1, 0.15) is 31.9 Å². The van der Waals surface area contributed by atoms with Crippen molar-refractivity contribution in [2.75, 3.05) is 19.4 Å². The van der Waals surface area contributed by atoms with Crippen LogP contribution in [0.2, 0.25) is 0 Å². The van der Waals surface area contributed by atoms with Gasteiger partial charge in [-0.2, -0.15) is 13.2 Å². The van der Waals surface area contributed by atoms with Crippen LogP contribution in [0.25, 0.3) is 11.1 Å². The molecule has 7 nitrogen and oxygen atoms in total. The van der Waals surface area contributed by atoms with E-state index in [-0.39, 0.29) is 35.9 Å². The van der Waals surface area contributed by atoms with Gasteiger partial charge in [0.05, 0.1) is 30.1 Å². The summed E-state index contributed by atoms with van der Waals surface area (Å²) in [7, 11) is -3.39. The van der Waals surface area contributed by atoms with Gasteiger partial charge in [0.25, 0.3) is 0 Å². The van der Waals surface area contributed by atoms with Gasteiger partial charge in [-0.05, 0) is 41.2 Å². The van der Waals surface area contributed by atoms with E-state index in [9.17, 15) is 35.9 Å². The van der Waals surface area contributed by atoms with Gasteiger partial charge >= 0.3 is 6.18 Å². The molecule has 6 atom stereocenters. The Balaban J connectivity index is 1.58. The van der Waals surface area contributed by atoms with E-state index in [2.05, 4.69) is 5.32 Å². The smallest absolute Gasteiger partial charge is 0.388 e. The van der Waals surface area contributed by atoms with Crippen LogP contribution >= 0.6 is 0 Å². The molecule has 0 aromatic heterocycles. The number of amides is 1. The molecule has 2 aliphatic rings. The molecule has 0 radical (unpaired) electrons. The second-order valence-electron chi connectivity index (χ2n) is 10.6. The van der Waals surface area contributed by atoms with Gasteiger partial charge in [-0.1, -0.05) is 50.2 Å². The zero-order valence-corrected chi connectivity index (χ0v) is 22.5. The fourth-order valence-corrected chi connectivity index (χ4v) is 5.87. The molecular formula is C27H32F4N2O5S. The summed E-state index contributed by atoms with van der Waals surface area (Å²) < 4.78 is 86.0. The van der Waals surface area contributed by atoms with Crippen molar-refractivity contribution in [2.24, 2.45) is 5.92 Å². The Hall–Kier alpha value is -2.54. The molecule has 4 rings (SSSR count). The first-order chi connectivity index (χ1) is 18.2. The monoisotopic (exact) mass is 572 g/mol. The van der Waals surface area contributed by atoms with Gasteiger partial charge in [0.1, 0.15) is 24.4 Å². The second-order valence-corrected chi connectivity index (χ2v) is 12.6. The number of alkyl halides is 4. The molecule has 0 bridgehead atoms. The number of carbonyl (C=O) groups is 1. The summed E-state index contributed by atoms with van der Waals surface area (Å²) in [6.07, 6.45) is -7.25. The van der Waals surface area contributed by atoms with Gasteiger partial charge in [-0.15, -0.1) is 0 Å². The Kier molecular flexibility index (Phi) is 8.42. The maximum absolute atomic E-state index is 14.5. The lowest BCUT2D eigenvalue weighted by Gasteiger charge is -2.33. The van der Waals surface area contributed by atoms with Crippen LogP contribution in [0.4, 0.5) is 17.6 Å². The number of carbonyl (C=O) groups excluding carboxylic acids is 1. The van der Waals surface area contributed by atoms with E-state index in [0.717, 1.165) is 11.2 Å². The summed E-state index contributed by atoms with van der Waals surface area (Å²) in [5.41, 5.74) is 1.09. The van der Waals surface area contributed by atoms with E-state index in [1.54, 1.807) is 26.0 Å². The number of fused-ring (bicyclic) bond motifs is 1. The highest BCUT2D eigenvalue weighted by molar-refractivity contribution is 7.90. The number of nitrogens with zero attached hydrogens (tertiary/aromatic N) is 1. The molecule has 2 saturated heterocycles. The molecule has 0 spiro atoms. The number of aliphatic hydroxyl groups is 1. The van der Waals surface area contributed by atoms with E-state index in [0.29, 0.717) is 11.1 Å². The van der Waals surface area contributed by atoms with Crippen LogP contribution in [0.15, 0.2) is 53.4 Å². The third-order valence-electron chi connectivity index (χ3n) is 7.12. The molecule has 2 aromatic rings. The topological polar surface area (TPSA) is 95.9 Å². The van der Waals surface area contributed by atoms with Crippen molar-refractivity contribution in [3.8, 4) is 11.1 Å². The van der Waals surface area contributed by atoms with E-state index >= 15 is 0 Å². The third-order valence-corrected chi connectivity index (χ3v) is 8.25. The molecular weight excluding hydrogens is 540 g/mol. The first kappa shape index (κ1) is 29.4. The highest BCUT2D eigenvalue weighted by Gasteiger charge is 2.54. The highest BCUT2D eigenvalue weighted by Crippen LogP contribution is 2.36. The number of hydrogen-bond donors (Lipinski definition) is 2. The number of rotatable bonds is 8. The molecule has 214 valence electrons. The van der Waals surface area contributed by atoms with Crippen LogP contribution in [-0.4, -0.2) is 80.4 Å². The predicted molar refractivity (Wildman–Crippen MR) is 136 cm³/mol. The van der Waals surface area contributed by atoms with Crippen molar-refractivity contribution < 1.29 is 40.6 Å². The molecule has 39 heavy (non-hydrogen) atoms. The van der Waals surface area contributed by atoms with Gasteiger partial charge in [0.2, 0.25) is 5.91 Å². The molecule has 0 unspecified atom stereocenters. The van der Waals surface area contributed by atoms with Crippen LogP contribution in [0, 0.1) is 5.92 Å². The Labute approximate surface area is 225 Å². The summed E-state index contributed by atoms with van der Waals surface area (Å²) in [5.74, 6) is -0.859. The number of hydrogen-bond acceptors (Lipinski definition) is 6. The Bertz CT molecular complexity index is 1270. The van der Waals surface area contributed by atoms with Crippen LogP contribution in [0.5, 0.6) is 0 Å². The number of nitrogens with one attached hydrogen (secondary N) is 1. The number of aliphatic hydroxyl groups excluding tert-OH is 1. The molecule has 2 aliphatic heterocycles. The first-order valence-corrected chi connectivity index (χ1v) is 14.5. The number of benzene rings is 2. The lowest BCUT2D eigenvalue weighted by atomic mass is 9.97. The van der Waals surface area contributed by atoms with Crippen molar-refractivity contribution in [1.82, 2.24) is 10.2 Å². The Morgan fingerprint density at radius 1 is 1.10 bits per heavy atom. The molecule has 12 heteroatoms. The minimum atomic E-state index is -4.75. The first-order valence-electron chi connectivity index (χ1n) is 12.6. The van der Waals surface area contributed by atoms with Gasteiger partial charge in [-0.3, -0.25) is 10.1 Å². The average molecular weight is 573 g/mol. The fraction of sp³-hybridized carbons (Fsp3) is 0.519. The van der Waals surface area contributed by atoms with Crippen molar-refractivity contribution >= 4 is 15.7 Å². The normalized spacial score (nSPS) is 25.1. The SMILES string of the molecule is CC(C)C[C@H](N[C@@H](c1ccc(-c2ccc(S(C)(=O)=O)cc2)cc1)C(F)(F)F)C(=O)N1C[C@H](F)[C@H]2OC[C@H](O)[C@H]21. The zero-order chi connectivity index (χ0) is 28.7. The van der Waals surface area contributed by atoms with Crippen LogP contribution in [-0.2, 0) is 19.4 Å². The molecule has 2 fully saturated rings. The summed E-state index contributed by atoms with van der Waals surface area (Å²) >= 11 is 0.